The van der Waals surface area contributed by atoms with Crippen LogP contribution in [-0.4, -0.2) is 29.8 Å². The van der Waals surface area contributed by atoms with E-state index in [1.54, 1.807) is 29.2 Å². The molecule has 0 bridgehead atoms. The summed E-state index contributed by atoms with van der Waals surface area (Å²) in [7, 11) is 0. The molecule has 158 valence electrons. The first-order valence-electron chi connectivity index (χ1n) is 10.4. The normalized spacial score (nSPS) is 18.1. The number of nitrogens with zero attached hydrogens (tertiary/aromatic N) is 1. The van der Waals surface area contributed by atoms with E-state index < -0.39 is 0 Å². The number of likely N-dealkylation sites (tertiary alicyclic amines) is 1. The number of nitrogens with one attached hydrogen (secondary N) is 1. The third kappa shape index (κ3) is 4.66. The first kappa shape index (κ1) is 20.8. The maximum atomic E-state index is 13.2. The number of amides is 2. The number of benzene rings is 3. The second-order valence-electron chi connectivity index (χ2n) is 7.99. The molecular weight excluding hydrogens is 391 g/mol. The minimum absolute atomic E-state index is 0.0620. The van der Waals surface area contributed by atoms with Crippen molar-refractivity contribution in [2.45, 2.75) is 19.4 Å². The minimum atomic E-state index is -0.353. The van der Waals surface area contributed by atoms with Crippen molar-refractivity contribution in [3.05, 3.63) is 107 Å². The summed E-state index contributed by atoms with van der Waals surface area (Å²) in [6.45, 7) is 3.21. The van der Waals surface area contributed by atoms with Crippen LogP contribution in [0.1, 0.15) is 33.0 Å². The van der Waals surface area contributed by atoms with Gasteiger partial charge in [0, 0.05) is 31.1 Å². The zero-order valence-corrected chi connectivity index (χ0v) is 17.4. The first-order chi connectivity index (χ1) is 15.0. The van der Waals surface area contributed by atoms with Crippen LogP contribution in [0.4, 0.5) is 4.39 Å². The lowest BCUT2D eigenvalue weighted by atomic mass is 9.86. The lowest BCUT2D eigenvalue weighted by Crippen LogP contribution is -2.35. The van der Waals surface area contributed by atoms with Crippen molar-refractivity contribution >= 4 is 11.8 Å². The molecule has 5 heteroatoms. The van der Waals surface area contributed by atoms with Crippen LogP contribution in [0.5, 0.6) is 0 Å². The highest BCUT2D eigenvalue weighted by molar-refractivity contribution is 5.95. The summed E-state index contributed by atoms with van der Waals surface area (Å²) in [5.41, 5.74) is 3.65. The number of hydrogen-bond donors (Lipinski definition) is 1. The molecule has 1 saturated heterocycles. The lowest BCUT2D eigenvalue weighted by Gasteiger charge is -2.20. The molecule has 4 rings (SSSR count). The van der Waals surface area contributed by atoms with Gasteiger partial charge >= 0.3 is 0 Å². The molecular formula is C26H25FN2O2. The Labute approximate surface area is 181 Å². The standard InChI is InChI=1S/C26H25FN2O2/c1-18-7-5-6-10-22(18)23-16-29(26(31)20-8-3-2-4-9-20)17-24(23)25(30)28-15-19-11-13-21(27)14-12-19/h2-14,23-24H,15-17H2,1H3,(H,28,30). The fourth-order valence-corrected chi connectivity index (χ4v) is 4.24. The Morgan fingerprint density at radius 3 is 2.32 bits per heavy atom. The zero-order chi connectivity index (χ0) is 21.8. The summed E-state index contributed by atoms with van der Waals surface area (Å²) in [6, 6.07) is 23.3. The fraction of sp³-hybridized carbons (Fsp3) is 0.231. The third-order valence-electron chi connectivity index (χ3n) is 5.93. The summed E-state index contributed by atoms with van der Waals surface area (Å²) in [4.78, 5) is 28.0. The highest BCUT2D eigenvalue weighted by atomic mass is 19.1. The Kier molecular flexibility index (Phi) is 6.12. The minimum Gasteiger partial charge on any atom is -0.352 e. The smallest absolute Gasteiger partial charge is 0.253 e. The van der Waals surface area contributed by atoms with Gasteiger partial charge in [-0.2, -0.15) is 0 Å². The van der Waals surface area contributed by atoms with E-state index in [0.717, 1.165) is 16.7 Å². The zero-order valence-electron chi connectivity index (χ0n) is 17.4. The molecule has 31 heavy (non-hydrogen) atoms. The topological polar surface area (TPSA) is 49.4 Å². The van der Waals surface area contributed by atoms with Gasteiger partial charge in [-0.25, -0.2) is 4.39 Å². The highest BCUT2D eigenvalue weighted by Crippen LogP contribution is 2.35. The van der Waals surface area contributed by atoms with Crippen molar-refractivity contribution < 1.29 is 14.0 Å². The molecule has 1 fully saturated rings. The van der Waals surface area contributed by atoms with Gasteiger partial charge in [0.1, 0.15) is 5.82 Å². The van der Waals surface area contributed by atoms with E-state index in [2.05, 4.69) is 5.32 Å². The number of halogens is 1. The van der Waals surface area contributed by atoms with Crippen LogP contribution in [0.3, 0.4) is 0 Å². The van der Waals surface area contributed by atoms with Crippen molar-refractivity contribution in [2.75, 3.05) is 13.1 Å². The summed E-state index contributed by atoms with van der Waals surface area (Å²) in [5, 5.41) is 2.98. The first-order valence-corrected chi connectivity index (χ1v) is 10.4. The van der Waals surface area contributed by atoms with Gasteiger partial charge in [0.25, 0.3) is 5.91 Å². The molecule has 2 unspecified atom stereocenters. The molecule has 1 aliphatic heterocycles. The Hall–Kier alpha value is -3.47. The molecule has 2 amide bonds. The molecule has 0 saturated carbocycles. The van der Waals surface area contributed by atoms with Crippen LogP contribution in [0.15, 0.2) is 78.9 Å². The van der Waals surface area contributed by atoms with Crippen LogP contribution in [-0.2, 0) is 11.3 Å². The van der Waals surface area contributed by atoms with E-state index in [4.69, 9.17) is 0 Å². The number of aryl methyl sites for hydroxylation is 1. The van der Waals surface area contributed by atoms with E-state index in [9.17, 15) is 14.0 Å². The Balaban J connectivity index is 1.55. The molecule has 0 aliphatic carbocycles. The van der Waals surface area contributed by atoms with Gasteiger partial charge in [0.2, 0.25) is 5.91 Å². The Morgan fingerprint density at radius 1 is 0.935 bits per heavy atom. The van der Waals surface area contributed by atoms with Crippen LogP contribution >= 0.6 is 0 Å². The second kappa shape index (κ2) is 9.13. The molecule has 0 radical (unpaired) electrons. The predicted molar refractivity (Wildman–Crippen MR) is 118 cm³/mol. The summed E-state index contributed by atoms with van der Waals surface area (Å²) in [5.74, 6) is -0.897. The molecule has 1 aliphatic rings. The van der Waals surface area contributed by atoms with Crippen molar-refractivity contribution in [3.63, 3.8) is 0 Å². The maximum absolute atomic E-state index is 13.2. The van der Waals surface area contributed by atoms with Crippen LogP contribution in [0.25, 0.3) is 0 Å². The Bertz CT molecular complexity index is 1070. The lowest BCUT2D eigenvalue weighted by molar-refractivity contribution is -0.125. The number of carbonyl (C=O) groups excluding carboxylic acids is 2. The maximum Gasteiger partial charge on any atom is 0.253 e. The average molecular weight is 416 g/mol. The van der Waals surface area contributed by atoms with Crippen LogP contribution in [0.2, 0.25) is 0 Å². The van der Waals surface area contributed by atoms with Crippen LogP contribution < -0.4 is 5.32 Å². The molecule has 2 atom stereocenters. The van der Waals surface area contributed by atoms with Gasteiger partial charge in [0.05, 0.1) is 5.92 Å². The quantitative estimate of drug-likeness (QED) is 0.674. The molecule has 0 aromatic heterocycles. The van der Waals surface area contributed by atoms with Crippen molar-refractivity contribution in [1.29, 1.82) is 0 Å². The van der Waals surface area contributed by atoms with Crippen molar-refractivity contribution in [3.8, 4) is 0 Å². The molecule has 1 heterocycles. The summed E-state index contributed by atoms with van der Waals surface area (Å²) in [6.07, 6.45) is 0. The monoisotopic (exact) mass is 416 g/mol. The van der Waals surface area contributed by atoms with Gasteiger partial charge in [-0.15, -0.1) is 0 Å². The molecule has 3 aromatic rings. The number of hydrogen-bond acceptors (Lipinski definition) is 2. The van der Waals surface area contributed by atoms with Gasteiger partial charge in [0.15, 0.2) is 0 Å². The second-order valence-corrected chi connectivity index (χ2v) is 7.99. The molecule has 0 spiro atoms. The van der Waals surface area contributed by atoms with Gasteiger partial charge in [-0.1, -0.05) is 54.6 Å². The molecule has 1 N–H and O–H groups in total. The third-order valence-corrected chi connectivity index (χ3v) is 5.93. The summed E-state index contributed by atoms with van der Waals surface area (Å²) < 4.78 is 13.1. The van der Waals surface area contributed by atoms with Gasteiger partial charge in [-0.05, 0) is 47.9 Å². The molecule has 4 nitrogen and oxygen atoms in total. The van der Waals surface area contributed by atoms with E-state index in [0.29, 0.717) is 25.2 Å². The predicted octanol–water partition coefficient (Wildman–Crippen LogP) is 4.31. The number of rotatable bonds is 5. The fourth-order valence-electron chi connectivity index (χ4n) is 4.24. The van der Waals surface area contributed by atoms with Crippen molar-refractivity contribution in [2.24, 2.45) is 5.92 Å². The van der Waals surface area contributed by atoms with E-state index in [1.165, 1.54) is 12.1 Å². The molecule has 3 aromatic carbocycles. The van der Waals surface area contributed by atoms with Crippen LogP contribution in [0, 0.1) is 18.7 Å². The summed E-state index contributed by atoms with van der Waals surface area (Å²) >= 11 is 0. The van der Waals surface area contributed by atoms with Crippen molar-refractivity contribution in [1.82, 2.24) is 10.2 Å². The average Bonchev–Trinajstić information content (AvgIpc) is 3.24. The van der Waals surface area contributed by atoms with E-state index in [1.807, 2.05) is 49.4 Å². The highest BCUT2D eigenvalue weighted by Gasteiger charge is 2.40. The SMILES string of the molecule is Cc1ccccc1C1CN(C(=O)c2ccccc2)CC1C(=O)NCc1ccc(F)cc1. The largest absolute Gasteiger partial charge is 0.352 e. The van der Waals surface area contributed by atoms with Gasteiger partial charge < -0.3 is 10.2 Å². The van der Waals surface area contributed by atoms with Gasteiger partial charge in [-0.3, -0.25) is 9.59 Å². The Morgan fingerprint density at radius 2 is 1.61 bits per heavy atom. The van der Waals surface area contributed by atoms with E-state index >= 15 is 0 Å². The number of carbonyl (C=O) groups is 2. The van der Waals surface area contributed by atoms with E-state index in [-0.39, 0.29) is 29.5 Å².